The summed E-state index contributed by atoms with van der Waals surface area (Å²) < 4.78 is 102. The van der Waals surface area contributed by atoms with Gasteiger partial charge in [0.1, 0.15) is 24.7 Å². The number of imide groups is 2. The molecule has 0 spiro atoms. The minimum absolute atomic E-state index is 0.00600. The van der Waals surface area contributed by atoms with E-state index in [4.69, 9.17) is 9.47 Å². The van der Waals surface area contributed by atoms with Gasteiger partial charge in [0.2, 0.25) is 5.41 Å². The van der Waals surface area contributed by atoms with Crippen LogP contribution in [0.3, 0.4) is 0 Å². The van der Waals surface area contributed by atoms with E-state index in [0.29, 0.717) is 50.9 Å². The Morgan fingerprint density at radius 1 is 0.604 bits per heavy atom. The van der Waals surface area contributed by atoms with Crippen molar-refractivity contribution in [2.24, 2.45) is 0 Å². The molecule has 2 aliphatic heterocycles. The fraction of sp³-hybridized carbons (Fsp3) is 0.179. The molecule has 0 fully saturated rings. The average molecular weight is 735 g/mol. The monoisotopic (exact) mass is 734 g/mol. The minimum Gasteiger partial charge on any atom is -0.489 e. The molecule has 2 aliphatic rings. The van der Waals surface area contributed by atoms with Gasteiger partial charge < -0.3 is 9.47 Å². The lowest BCUT2D eigenvalue weighted by molar-refractivity contribution is -0.288. The molecule has 0 aromatic heterocycles. The summed E-state index contributed by atoms with van der Waals surface area (Å²) in [5.41, 5.74) is -7.87. The molecule has 4 amide bonds. The summed E-state index contributed by atoms with van der Waals surface area (Å²) >= 11 is 0. The second kappa shape index (κ2) is 13.1. The number of hydrogen-bond acceptors (Lipinski definition) is 6. The van der Waals surface area contributed by atoms with Gasteiger partial charge in [-0.05, 0) is 77.2 Å². The maximum absolute atomic E-state index is 15.1. The van der Waals surface area contributed by atoms with Crippen LogP contribution in [0, 0.1) is 6.92 Å². The van der Waals surface area contributed by atoms with Crippen LogP contribution in [0.2, 0.25) is 0 Å². The summed E-state index contributed by atoms with van der Waals surface area (Å²) in [5, 5.41) is 0. The van der Waals surface area contributed by atoms with Crippen LogP contribution >= 0.6 is 0 Å². The van der Waals surface area contributed by atoms with Crippen LogP contribution in [0.15, 0.2) is 98.1 Å². The highest BCUT2D eigenvalue weighted by Crippen LogP contribution is 2.57. The van der Waals surface area contributed by atoms with Crippen LogP contribution in [-0.2, 0) is 5.41 Å². The molecule has 53 heavy (non-hydrogen) atoms. The first-order valence-electron chi connectivity index (χ1n) is 15.8. The predicted molar refractivity (Wildman–Crippen MR) is 181 cm³/mol. The van der Waals surface area contributed by atoms with Crippen LogP contribution < -0.4 is 14.4 Å². The highest BCUT2D eigenvalue weighted by Gasteiger charge is 2.73. The Morgan fingerprint density at radius 3 is 1.60 bits per heavy atom. The van der Waals surface area contributed by atoms with Crippen LogP contribution in [-0.4, -0.2) is 61.1 Å². The molecule has 6 rings (SSSR count). The Balaban J connectivity index is 1.46. The lowest BCUT2D eigenvalue weighted by atomic mass is 9.71. The molecule has 2 heterocycles. The number of amides is 4. The smallest absolute Gasteiger partial charge is 0.411 e. The number of hydrogen-bond donors (Lipinski definition) is 0. The first kappa shape index (κ1) is 36.6. The lowest BCUT2D eigenvalue weighted by Gasteiger charge is -2.38. The molecular weight excluding hydrogens is 706 g/mol. The minimum atomic E-state index is -6.09. The van der Waals surface area contributed by atoms with Crippen molar-refractivity contribution in [2.75, 3.05) is 25.2 Å². The molecule has 0 bridgehead atoms. The third-order valence-electron chi connectivity index (χ3n) is 9.13. The van der Waals surface area contributed by atoms with Crippen molar-refractivity contribution in [3.8, 4) is 22.6 Å². The number of alkyl halides is 6. The molecule has 0 radical (unpaired) electrons. The number of ether oxygens (including phenoxy) is 2. The third-order valence-corrected chi connectivity index (χ3v) is 9.13. The predicted octanol–water partition coefficient (Wildman–Crippen LogP) is 8.23. The van der Waals surface area contributed by atoms with E-state index in [2.05, 4.69) is 13.2 Å². The van der Waals surface area contributed by atoms with Gasteiger partial charge in [-0.3, -0.25) is 24.1 Å². The molecule has 14 heteroatoms. The molecule has 8 nitrogen and oxygen atoms in total. The number of fused-ring (bicyclic) bond motifs is 2. The summed E-state index contributed by atoms with van der Waals surface area (Å²) in [6.45, 7) is 9.25. The number of halogens is 6. The maximum Gasteiger partial charge on any atom is 0.411 e. The van der Waals surface area contributed by atoms with Gasteiger partial charge in [0.15, 0.2) is 0 Å². The fourth-order valence-corrected chi connectivity index (χ4v) is 6.50. The van der Waals surface area contributed by atoms with Crippen LogP contribution in [0.25, 0.3) is 11.1 Å². The quantitative estimate of drug-likeness (QED) is 0.0927. The van der Waals surface area contributed by atoms with Crippen molar-refractivity contribution in [2.45, 2.75) is 24.7 Å². The van der Waals surface area contributed by atoms with Crippen molar-refractivity contribution in [3.05, 3.63) is 137 Å². The summed E-state index contributed by atoms with van der Waals surface area (Å²) in [4.78, 5) is 53.8. The molecular formula is C39H28F6N2O6. The van der Waals surface area contributed by atoms with E-state index >= 15 is 26.3 Å². The van der Waals surface area contributed by atoms with Crippen LogP contribution in [0.4, 0.5) is 32.0 Å². The number of benzene rings is 4. The van der Waals surface area contributed by atoms with Crippen LogP contribution in [0.1, 0.15) is 58.1 Å². The van der Waals surface area contributed by atoms with Crippen molar-refractivity contribution >= 4 is 29.3 Å². The molecule has 0 saturated carbocycles. The number of carbonyl (C=O) groups excluding carboxylic acids is 4. The molecule has 4 aromatic carbocycles. The van der Waals surface area contributed by atoms with E-state index in [9.17, 15) is 19.2 Å². The highest BCUT2D eigenvalue weighted by molar-refractivity contribution is 6.35. The van der Waals surface area contributed by atoms with Gasteiger partial charge in [-0.25, -0.2) is 4.90 Å². The Labute approximate surface area is 298 Å². The van der Waals surface area contributed by atoms with Crippen LogP contribution in [0.5, 0.6) is 11.5 Å². The zero-order valence-electron chi connectivity index (χ0n) is 28.0. The van der Waals surface area contributed by atoms with E-state index < -0.39 is 69.2 Å². The summed E-state index contributed by atoms with van der Waals surface area (Å²) in [5.74, 6) is -3.63. The number of nitrogens with zero attached hydrogens (tertiary/aromatic N) is 2. The standard InChI is InChI=1S/C39H28F6N2O6/c1-5-15-52-31-17-22(8-7-21(31)3)23-9-14-30(32(18-23)53-16-6-2)47-35(50)27-13-11-25(20-29(27)36(47)51)37(38(40,41)42,39(43,44)45)24-10-12-26-28(19-24)34(49)46(4)33(26)48/h5-14,17-20H,1-2,15-16H2,3-4H3. The third kappa shape index (κ3) is 5.74. The van der Waals surface area contributed by atoms with E-state index in [1.807, 2.05) is 13.0 Å². The Hall–Kier alpha value is -6.18. The Bertz CT molecular complexity index is 2230. The molecule has 0 unspecified atom stereocenters. The first-order chi connectivity index (χ1) is 25.0. The number of carbonyl (C=O) groups is 4. The topological polar surface area (TPSA) is 93.2 Å². The normalized spacial score (nSPS) is 14.4. The average Bonchev–Trinajstić information content (AvgIpc) is 3.48. The van der Waals surface area contributed by atoms with Gasteiger partial charge in [-0.1, -0.05) is 55.6 Å². The summed E-state index contributed by atoms with van der Waals surface area (Å²) in [6.07, 6.45) is -9.21. The maximum atomic E-state index is 15.1. The molecule has 0 N–H and O–H groups in total. The second-order valence-electron chi connectivity index (χ2n) is 12.2. The van der Waals surface area contributed by atoms with Gasteiger partial charge in [-0.2, -0.15) is 26.3 Å². The van der Waals surface area contributed by atoms with Gasteiger partial charge in [0.25, 0.3) is 23.6 Å². The lowest BCUT2D eigenvalue weighted by Crippen LogP contribution is -2.55. The largest absolute Gasteiger partial charge is 0.489 e. The van der Waals surface area contributed by atoms with Crippen molar-refractivity contribution in [1.82, 2.24) is 4.90 Å². The molecule has 0 atom stereocenters. The summed E-state index contributed by atoms with van der Waals surface area (Å²) in [7, 11) is 1.04. The fourth-order valence-electron chi connectivity index (χ4n) is 6.50. The molecule has 4 aromatic rings. The summed E-state index contributed by atoms with van der Waals surface area (Å²) in [6, 6.07) is 13.0. The van der Waals surface area contributed by atoms with Crippen molar-refractivity contribution in [1.29, 1.82) is 0 Å². The van der Waals surface area contributed by atoms with Gasteiger partial charge in [0, 0.05) is 7.05 Å². The van der Waals surface area contributed by atoms with Gasteiger partial charge >= 0.3 is 12.4 Å². The highest BCUT2D eigenvalue weighted by atomic mass is 19.4. The number of rotatable bonds is 10. The second-order valence-corrected chi connectivity index (χ2v) is 12.2. The zero-order valence-corrected chi connectivity index (χ0v) is 28.0. The molecule has 272 valence electrons. The number of anilines is 1. The van der Waals surface area contributed by atoms with Crippen molar-refractivity contribution in [3.63, 3.8) is 0 Å². The first-order valence-corrected chi connectivity index (χ1v) is 15.8. The van der Waals surface area contributed by atoms with Crippen molar-refractivity contribution < 1.29 is 55.0 Å². The number of aryl methyl sites for hydroxylation is 1. The van der Waals surface area contributed by atoms with E-state index in [1.165, 1.54) is 18.2 Å². The van der Waals surface area contributed by atoms with E-state index in [0.717, 1.165) is 24.7 Å². The zero-order chi connectivity index (χ0) is 38.6. The van der Waals surface area contributed by atoms with E-state index in [-0.39, 0.29) is 30.2 Å². The Kier molecular flexibility index (Phi) is 9.05. The molecule has 0 aliphatic carbocycles. The molecule has 0 saturated heterocycles. The van der Waals surface area contributed by atoms with E-state index in [1.54, 1.807) is 24.3 Å². The SMILES string of the molecule is C=CCOc1cc(-c2ccc(N3C(=O)c4ccc(C(c5ccc6c(c5)C(=O)N(C)C6=O)(C(F)(F)F)C(F)(F)F)cc4C3=O)c(OCC=C)c2)ccc1C. The van der Waals surface area contributed by atoms with Gasteiger partial charge in [-0.15, -0.1) is 0 Å². The van der Waals surface area contributed by atoms with Gasteiger partial charge in [0.05, 0.1) is 27.9 Å². The Morgan fingerprint density at radius 2 is 1.06 bits per heavy atom.